The van der Waals surface area contributed by atoms with E-state index in [2.05, 4.69) is 11.4 Å². The van der Waals surface area contributed by atoms with E-state index < -0.39 is 0 Å². The van der Waals surface area contributed by atoms with Crippen LogP contribution in [0.5, 0.6) is 0 Å². The van der Waals surface area contributed by atoms with Gasteiger partial charge in [0.25, 0.3) is 0 Å². The van der Waals surface area contributed by atoms with E-state index in [1.165, 1.54) is 6.08 Å². The van der Waals surface area contributed by atoms with E-state index >= 15 is 0 Å². The Balaban J connectivity index is 1.77. The Labute approximate surface area is 149 Å². The van der Waals surface area contributed by atoms with E-state index in [4.69, 9.17) is 5.26 Å². The van der Waals surface area contributed by atoms with Crippen molar-refractivity contribution >= 4 is 17.9 Å². The van der Waals surface area contributed by atoms with Crippen molar-refractivity contribution in [3.8, 4) is 6.07 Å². The molecular weight excluding hydrogens is 314 g/mol. The van der Waals surface area contributed by atoms with Crippen molar-refractivity contribution in [1.29, 1.82) is 5.26 Å². The number of hydrogen-bond donors (Lipinski definition) is 1. The van der Waals surface area contributed by atoms with Gasteiger partial charge in [0.05, 0.1) is 11.6 Å². The highest BCUT2D eigenvalue weighted by atomic mass is 16.2. The van der Waals surface area contributed by atoms with Crippen molar-refractivity contribution in [3.63, 3.8) is 0 Å². The topological polar surface area (TPSA) is 73.2 Å². The number of amides is 2. The molecule has 0 saturated carbocycles. The van der Waals surface area contributed by atoms with Crippen LogP contribution in [-0.4, -0.2) is 35.8 Å². The van der Waals surface area contributed by atoms with Crippen LogP contribution in [0, 0.1) is 17.2 Å². The van der Waals surface area contributed by atoms with Gasteiger partial charge in [-0.05, 0) is 42.5 Å². The predicted molar refractivity (Wildman–Crippen MR) is 97.4 cm³/mol. The Hall–Kier alpha value is -2.61. The van der Waals surface area contributed by atoms with Crippen LogP contribution in [0.15, 0.2) is 30.3 Å². The molecule has 1 heterocycles. The summed E-state index contributed by atoms with van der Waals surface area (Å²) < 4.78 is 0. The quantitative estimate of drug-likeness (QED) is 0.838. The highest BCUT2D eigenvalue weighted by Gasteiger charge is 2.23. The molecule has 0 atom stereocenters. The number of nitrogens with zero attached hydrogens (tertiary/aromatic N) is 2. The standard InChI is InChI=1S/C20H25N3O2/c1-15(2)13-20(25)23-11-9-18(10-12-23)22-19(24)8-7-16-3-5-17(14-21)6-4-16/h3-8,15,18H,9-13H2,1-2H3,(H,22,24)/b8-7+. The minimum Gasteiger partial charge on any atom is -0.350 e. The first kappa shape index (κ1) is 18.7. The van der Waals surface area contributed by atoms with Gasteiger partial charge in [-0.3, -0.25) is 9.59 Å². The van der Waals surface area contributed by atoms with E-state index in [-0.39, 0.29) is 17.9 Å². The molecular formula is C20H25N3O2. The summed E-state index contributed by atoms with van der Waals surface area (Å²) in [5.74, 6) is 0.453. The molecule has 1 aliphatic rings. The van der Waals surface area contributed by atoms with Crippen LogP contribution in [0.4, 0.5) is 0 Å². The van der Waals surface area contributed by atoms with E-state index in [1.54, 1.807) is 30.3 Å². The molecule has 5 nitrogen and oxygen atoms in total. The molecule has 5 heteroatoms. The number of likely N-dealkylation sites (tertiary alicyclic amines) is 1. The van der Waals surface area contributed by atoms with Crippen molar-refractivity contribution in [2.24, 2.45) is 5.92 Å². The first-order valence-electron chi connectivity index (χ1n) is 8.74. The van der Waals surface area contributed by atoms with Gasteiger partial charge in [-0.1, -0.05) is 26.0 Å². The lowest BCUT2D eigenvalue weighted by atomic mass is 10.0. The number of carbonyl (C=O) groups is 2. The molecule has 2 amide bonds. The lowest BCUT2D eigenvalue weighted by molar-refractivity contribution is -0.133. The maximum Gasteiger partial charge on any atom is 0.244 e. The maximum atomic E-state index is 12.0. The van der Waals surface area contributed by atoms with Crippen molar-refractivity contribution in [2.75, 3.05) is 13.1 Å². The Morgan fingerprint density at radius 2 is 1.92 bits per heavy atom. The Bertz CT molecular complexity index is 663. The first-order valence-corrected chi connectivity index (χ1v) is 8.74. The Morgan fingerprint density at radius 3 is 2.48 bits per heavy atom. The van der Waals surface area contributed by atoms with Gasteiger partial charge >= 0.3 is 0 Å². The van der Waals surface area contributed by atoms with Crippen LogP contribution in [0.2, 0.25) is 0 Å². The Morgan fingerprint density at radius 1 is 1.28 bits per heavy atom. The van der Waals surface area contributed by atoms with Crippen LogP contribution in [0.25, 0.3) is 6.08 Å². The third-order valence-electron chi connectivity index (χ3n) is 4.24. The van der Waals surface area contributed by atoms with Crippen LogP contribution < -0.4 is 5.32 Å². The summed E-state index contributed by atoms with van der Waals surface area (Å²) in [5, 5.41) is 11.8. The van der Waals surface area contributed by atoms with Gasteiger partial charge in [0.1, 0.15) is 0 Å². The highest BCUT2D eigenvalue weighted by molar-refractivity contribution is 5.91. The van der Waals surface area contributed by atoms with E-state index in [0.29, 0.717) is 31.0 Å². The molecule has 1 aromatic carbocycles. The third-order valence-corrected chi connectivity index (χ3v) is 4.24. The first-order chi connectivity index (χ1) is 12.0. The van der Waals surface area contributed by atoms with Crippen LogP contribution in [0.1, 0.15) is 44.2 Å². The second-order valence-electron chi connectivity index (χ2n) is 6.83. The molecule has 1 saturated heterocycles. The number of piperidine rings is 1. The van der Waals surface area contributed by atoms with Crippen LogP contribution in [-0.2, 0) is 9.59 Å². The molecule has 1 aliphatic heterocycles. The molecule has 1 N–H and O–H groups in total. The highest BCUT2D eigenvalue weighted by Crippen LogP contribution is 2.14. The monoisotopic (exact) mass is 339 g/mol. The third kappa shape index (κ3) is 6.07. The van der Waals surface area contributed by atoms with Gasteiger partial charge in [-0.15, -0.1) is 0 Å². The van der Waals surface area contributed by atoms with Gasteiger partial charge in [0.2, 0.25) is 11.8 Å². The summed E-state index contributed by atoms with van der Waals surface area (Å²) in [5.41, 5.74) is 1.48. The zero-order chi connectivity index (χ0) is 18.2. The lowest BCUT2D eigenvalue weighted by Gasteiger charge is -2.32. The number of hydrogen-bond acceptors (Lipinski definition) is 3. The molecule has 132 valence electrons. The number of nitriles is 1. The van der Waals surface area contributed by atoms with Gasteiger partial charge < -0.3 is 10.2 Å². The molecule has 25 heavy (non-hydrogen) atoms. The molecule has 1 aromatic rings. The number of nitrogens with one attached hydrogen (secondary N) is 1. The van der Waals surface area contributed by atoms with Crippen LogP contribution in [0.3, 0.4) is 0 Å². The molecule has 0 radical (unpaired) electrons. The van der Waals surface area contributed by atoms with Crippen molar-refractivity contribution in [3.05, 3.63) is 41.5 Å². The molecule has 0 spiro atoms. The minimum absolute atomic E-state index is 0.112. The number of rotatable bonds is 5. The minimum atomic E-state index is -0.128. The number of carbonyl (C=O) groups excluding carboxylic acids is 2. The van der Waals surface area contributed by atoms with Gasteiger partial charge in [0.15, 0.2) is 0 Å². The second-order valence-corrected chi connectivity index (χ2v) is 6.83. The number of benzene rings is 1. The fraction of sp³-hybridized carbons (Fsp3) is 0.450. The average Bonchev–Trinajstić information content (AvgIpc) is 2.60. The molecule has 0 bridgehead atoms. The van der Waals surface area contributed by atoms with Gasteiger partial charge in [-0.2, -0.15) is 5.26 Å². The summed E-state index contributed by atoms with van der Waals surface area (Å²) in [6.07, 6.45) is 5.42. The molecule has 0 unspecified atom stereocenters. The van der Waals surface area contributed by atoms with Crippen LogP contribution >= 0.6 is 0 Å². The fourth-order valence-electron chi connectivity index (χ4n) is 2.84. The lowest BCUT2D eigenvalue weighted by Crippen LogP contribution is -2.46. The summed E-state index contributed by atoms with van der Waals surface area (Å²) in [6.45, 7) is 5.50. The van der Waals surface area contributed by atoms with E-state index in [1.807, 2.05) is 18.7 Å². The van der Waals surface area contributed by atoms with E-state index in [9.17, 15) is 9.59 Å². The fourth-order valence-corrected chi connectivity index (χ4v) is 2.84. The molecule has 2 rings (SSSR count). The zero-order valence-corrected chi connectivity index (χ0v) is 14.9. The largest absolute Gasteiger partial charge is 0.350 e. The normalized spacial score (nSPS) is 15.4. The maximum absolute atomic E-state index is 12.0. The second kappa shape index (κ2) is 9.03. The average molecular weight is 339 g/mol. The van der Waals surface area contributed by atoms with Gasteiger partial charge in [0, 0.05) is 31.6 Å². The predicted octanol–water partition coefficient (Wildman–Crippen LogP) is 2.72. The van der Waals surface area contributed by atoms with Crippen molar-refractivity contribution in [2.45, 2.75) is 39.2 Å². The van der Waals surface area contributed by atoms with Crippen molar-refractivity contribution in [1.82, 2.24) is 10.2 Å². The summed E-state index contributed by atoms with van der Waals surface area (Å²) in [6, 6.07) is 9.24. The van der Waals surface area contributed by atoms with E-state index in [0.717, 1.165) is 18.4 Å². The summed E-state index contributed by atoms with van der Waals surface area (Å²) >= 11 is 0. The summed E-state index contributed by atoms with van der Waals surface area (Å²) in [4.78, 5) is 26.0. The Kier molecular flexibility index (Phi) is 6.76. The molecule has 1 fully saturated rings. The molecule has 0 aromatic heterocycles. The summed E-state index contributed by atoms with van der Waals surface area (Å²) in [7, 11) is 0. The zero-order valence-electron chi connectivity index (χ0n) is 14.9. The van der Waals surface area contributed by atoms with Crippen molar-refractivity contribution < 1.29 is 9.59 Å². The molecule has 0 aliphatic carbocycles. The SMILES string of the molecule is CC(C)CC(=O)N1CCC(NC(=O)/C=C/c2ccc(C#N)cc2)CC1. The smallest absolute Gasteiger partial charge is 0.244 e. The van der Waals surface area contributed by atoms with Gasteiger partial charge in [-0.25, -0.2) is 0 Å².